The lowest BCUT2D eigenvalue weighted by Crippen LogP contribution is -2.08. The molecule has 0 aliphatic heterocycles. The summed E-state index contributed by atoms with van der Waals surface area (Å²) in [5.74, 6) is -0.133. The molecule has 0 aliphatic rings. The number of benzene rings is 1. The van der Waals surface area contributed by atoms with Crippen molar-refractivity contribution in [2.45, 2.75) is 26.9 Å². The van der Waals surface area contributed by atoms with Crippen LogP contribution in [-0.4, -0.2) is 20.3 Å². The fraction of sp³-hybridized carbons (Fsp3) is 0.286. The Kier molecular flexibility index (Phi) is 4.32. The van der Waals surface area contributed by atoms with E-state index in [1.54, 1.807) is 12.5 Å². The zero-order valence-electron chi connectivity index (χ0n) is 11.9. The summed E-state index contributed by atoms with van der Waals surface area (Å²) in [5, 5.41) is 14.1. The van der Waals surface area contributed by atoms with Crippen LogP contribution >= 0.6 is 0 Å². The van der Waals surface area contributed by atoms with Crippen molar-refractivity contribution in [3.8, 4) is 0 Å². The fourth-order valence-electron chi connectivity index (χ4n) is 2.02. The molecule has 1 aromatic carbocycles. The van der Waals surface area contributed by atoms with Crippen molar-refractivity contribution in [1.82, 2.24) is 9.55 Å². The number of carbonyl (C=O) groups is 1. The van der Waals surface area contributed by atoms with Gasteiger partial charge in [0.1, 0.15) is 5.69 Å². The predicted molar refractivity (Wildman–Crippen MR) is 78.3 cm³/mol. The first-order valence-electron chi connectivity index (χ1n) is 6.55. The van der Waals surface area contributed by atoms with Gasteiger partial charge >= 0.3 is 0 Å². The highest BCUT2D eigenvalue weighted by atomic mass is 16.6. The highest BCUT2D eigenvalue weighted by Crippen LogP contribution is 2.26. The molecule has 2 rings (SSSR count). The average molecular weight is 288 g/mol. The largest absolute Gasteiger partial charge is 0.374 e. The van der Waals surface area contributed by atoms with Crippen molar-refractivity contribution < 1.29 is 9.72 Å². The molecule has 2 aromatic rings. The minimum absolute atomic E-state index is 0.0532. The van der Waals surface area contributed by atoms with Crippen LogP contribution in [0.1, 0.15) is 29.9 Å². The Bertz CT molecular complexity index is 679. The summed E-state index contributed by atoms with van der Waals surface area (Å²) in [6, 6.07) is 4.31. The Morgan fingerprint density at radius 1 is 1.48 bits per heavy atom. The molecule has 110 valence electrons. The number of aryl methyl sites for hydroxylation is 1. The standard InChI is InChI=1S/C14H16N4O3/c1-3-17-9-15-7-12(17)8-16-13-6-11(10(2)19)4-5-14(13)18(20)21/h4-7,9,16H,3,8H2,1-2H3. The van der Waals surface area contributed by atoms with Crippen molar-refractivity contribution in [1.29, 1.82) is 0 Å². The smallest absolute Gasteiger partial charge is 0.292 e. The van der Waals surface area contributed by atoms with E-state index in [2.05, 4.69) is 10.3 Å². The molecule has 0 fully saturated rings. The third-order valence-corrected chi connectivity index (χ3v) is 3.20. The van der Waals surface area contributed by atoms with Crippen LogP contribution in [0.25, 0.3) is 0 Å². The maximum absolute atomic E-state index is 11.4. The first-order chi connectivity index (χ1) is 10.0. The van der Waals surface area contributed by atoms with Crippen molar-refractivity contribution in [2.24, 2.45) is 0 Å². The summed E-state index contributed by atoms with van der Waals surface area (Å²) < 4.78 is 1.94. The van der Waals surface area contributed by atoms with Crippen molar-refractivity contribution in [3.05, 3.63) is 52.1 Å². The number of Topliss-reactive ketones (excluding diaryl/α,β-unsaturated/α-hetero) is 1. The van der Waals surface area contributed by atoms with Gasteiger partial charge < -0.3 is 9.88 Å². The van der Waals surface area contributed by atoms with Gasteiger partial charge in [0.2, 0.25) is 0 Å². The van der Waals surface area contributed by atoms with Gasteiger partial charge in [-0.3, -0.25) is 14.9 Å². The Hall–Kier alpha value is -2.70. The second-order valence-corrected chi connectivity index (χ2v) is 4.57. The monoisotopic (exact) mass is 288 g/mol. The van der Waals surface area contributed by atoms with Crippen LogP contribution in [-0.2, 0) is 13.1 Å². The number of nitrogens with zero attached hydrogens (tertiary/aromatic N) is 3. The van der Waals surface area contributed by atoms with Crippen LogP contribution in [0.4, 0.5) is 11.4 Å². The molecule has 21 heavy (non-hydrogen) atoms. The summed E-state index contributed by atoms with van der Waals surface area (Å²) in [5.41, 5.74) is 1.63. The molecule has 0 saturated heterocycles. The number of rotatable bonds is 6. The highest BCUT2D eigenvalue weighted by molar-refractivity contribution is 5.95. The summed E-state index contributed by atoms with van der Waals surface area (Å²) in [6.45, 7) is 4.59. The average Bonchev–Trinajstić information content (AvgIpc) is 2.91. The number of carbonyl (C=O) groups excluding carboxylic acids is 1. The second-order valence-electron chi connectivity index (χ2n) is 4.57. The van der Waals surface area contributed by atoms with Gasteiger partial charge in [0.15, 0.2) is 5.78 Å². The van der Waals surface area contributed by atoms with Gasteiger partial charge in [-0.1, -0.05) is 0 Å². The Balaban J connectivity index is 2.27. The molecule has 0 atom stereocenters. The fourth-order valence-corrected chi connectivity index (χ4v) is 2.02. The lowest BCUT2D eigenvalue weighted by atomic mass is 10.1. The zero-order valence-corrected chi connectivity index (χ0v) is 11.9. The van der Waals surface area contributed by atoms with Gasteiger partial charge in [-0.05, 0) is 26.0 Å². The van der Waals surface area contributed by atoms with Crippen LogP contribution in [0.5, 0.6) is 0 Å². The second kappa shape index (κ2) is 6.17. The van der Waals surface area contributed by atoms with Crippen molar-refractivity contribution in [3.63, 3.8) is 0 Å². The Morgan fingerprint density at radius 2 is 2.24 bits per heavy atom. The molecule has 7 nitrogen and oxygen atoms in total. The van der Waals surface area contributed by atoms with Gasteiger partial charge in [0.05, 0.1) is 23.5 Å². The molecule has 0 amide bonds. The number of hydrogen-bond donors (Lipinski definition) is 1. The van der Waals surface area contributed by atoms with E-state index in [9.17, 15) is 14.9 Å². The summed E-state index contributed by atoms with van der Waals surface area (Å²) in [6.07, 6.45) is 3.41. The Morgan fingerprint density at radius 3 is 2.86 bits per heavy atom. The first kappa shape index (κ1) is 14.7. The predicted octanol–water partition coefficient (Wildman–Crippen LogP) is 2.63. The molecule has 1 N–H and O–H groups in total. The van der Waals surface area contributed by atoms with Crippen LogP contribution in [0, 0.1) is 10.1 Å². The van der Waals surface area contributed by atoms with E-state index in [0.29, 0.717) is 17.8 Å². The van der Waals surface area contributed by atoms with E-state index in [1.165, 1.54) is 25.1 Å². The molecule has 0 bridgehead atoms. The van der Waals surface area contributed by atoms with Gasteiger partial charge in [-0.15, -0.1) is 0 Å². The van der Waals surface area contributed by atoms with Gasteiger partial charge in [0.25, 0.3) is 5.69 Å². The van der Waals surface area contributed by atoms with Crippen LogP contribution in [0.3, 0.4) is 0 Å². The number of nitrogens with one attached hydrogen (secondary N) is 1. The molecular weight excluding hydrogens is 272 g/mol. The van der Waals surface area contributed by atoms with Gasteiger partial charge in [0, 0.05) is 24.4 Å². The summed E-state index contributed by atoms with van der Waals surface area (Å²) in [7, 11) is 0. The van der Waals surface area contributed by atoms with Crippen LogP contribution < -0.4 is 5.32 Å². The van der Waals surface area contributed by atoms with Gasteiger partial charge in [-0.2, -0.15) is 0 Å². The highest BCUT2D eigenvalue weighted by Gasteiger charge is 2.15. The molecule has 1 heterocycles. The SMILES string of the molecule is CCn1cncc1CNc1cc(C(C)=O)ccc1[N+](=O)[O-]. The molecule has 1 aromatic heterocycles. The third-order valence-electron chi connectivity index (χ3n) is 3.20. The lowest BCUT2D eigenvalue weighted by molar-refractivity contribution is -0.384. The quantitative estimate of drug-likeness (QED) is 0.501. The molecule has 0 unspecified atom stereocenters. The maximum Gasteiger partial charge on any atom is 0.292 e. The zero-order chi connectivity index (χ0) is 15.4. The van der Waals surface area contributed by atoms with Crippen molar-refractivity contribution >= 4 is 17.2 Å². The van der Waals surface area contributed by atoms with Crippen LogP contribution in [0.15, 0.2) is 30.7 Å². The molecule has 0 saturated carbocycles. The number of anilines is 1. The minimum Gasteiger partial charge on any atom is -0.374 e. The van der Waals surface area contributed by atoms with E-state index in [0.717, 1.165) is 12.2 Å². The lowest BCUT2D eigenvalue weighted by Gasteiger charge is -2.09. The number of nitro benzene ring substituents is 1. The topological polar surface area (TPSA) is 90.1 Å². The minimum atomic E-state index is -0.469. The Labute approximate surface area is 121 Å². The molecule has 0 radical (unpaired) electrons. The molecule has 7 heteroatoms. The number of aromatic nitrogens is 2. The molecule has 0 spiro atoms. The maximum atomic E-state index is 11.4. The van der Waals surface area contributed by atoms with E-state index in [-0.39, 0.29) is 11.5 Å². The molecule has 0 aliphatic carbocycles. The first-order valence-corrected chi connectivity index (χ1v) is 6.55. The summed E-state index contributed by atoms with van der Waals surface area (Å²) >= 11 is 0. The number of ketones is 1. The van der Waals surface area contributed by atoms with E-state index in [4.69, 9.17) is 0 Å². The van der Waals surface area contributed by atoms with Crippen LogP contribution in [0.2, 0.25) is 0 Å². The third kappa shape index (κ3) is 3.25. The van der Waals surface area contributed by atoms with E-state index in [1.807, 2.05) is 11.5 Å². The molecular formula is C14H16N4O3. The van der Waals surface area contributed by atoms with Crippen molar-refractivity contribution in [2.75, 3.05) is 5.32 Å². The van der Waals surface area contributed by atoms with Gasteiger partial charge in [-0.25, -0.2) is 4.98 Å². The number of hydrogen-bond acceptors (Lipinski definition) is 5. The number of imidazole rings is 1. The number of nitro groups is 1. The summed E-state index contributed by atoms with van der Waals surface area (Å²) in [4.78, 5) is 26.0. The van der Waals surface area contributed by atoms with E-state index < -0.39 is 4.92 Å². The van der Waals surface area contributed by atoms with E-state index >= 15 is 0 Å². The normalized spacial score (nSPS) is 10.4.